The van der Waals surface area contributed by atoms with Gasteiger partial charge in [0, 0.05) is 12.1 Å². The molecule has 3 aromatic carbocycles. The summed E-state index contributed by atoms with van der Waals surface area (Å²) < 4.78 is 12.3. The summed E-state index contributed by atoms with van der Waals surface area (Å²) in [6.07, 6.45) is 4.00. The van der Waals surface area contributed by atoms with Gasteiger partial charge in [0.1, 0.15) is 18.1 Å². The molecule has 236 valence electrons. The fraction of sp³-hybridized carbons (Fsp3) is 0.314. The van der Waals surface area contributed by atoms with Crippen LogP contribution in [0.3, 0.4) is 0 Å². The van der Waals surface area contributed by atoms with Gasteiger partial charge in [-0.3, -0.25) is 19.7 Å². The van der Waals surface area contributed by atoms with Crippen LogP contribution in [0.5, 0.6) is 11.5 Å². The highest BCUT2D eigenvalue weighted by Crippen LogP contribution is 2.51. The van der Waals surface area contributed by atoms with Crippen LogP contribution in [-0.4, -0.2) is 46.7 Å². The Hall–Kier alpha value is -4.74. The fourth-order valence-electron chi connectivity index (χ4n) is 7.06. The summed E-state index contributed by atoms with van der Waals surface area (Å²) in [5.74, 6) is -1.86. The molecule has 3 aliphatic rings. The van der Waals surface area contributed by atoms with E-state index in [0.717, 1.165) is 33.6 Å². The van der Waals surface area contributed by atoms with Gasteiger partial charge in [0.2, 0.25) is 11.8 Å². The molecule has 0 saturated carbocycles. The zero-order valence-electron chi connectivity index (χ0n) is 25.5. The molecular weight excluding hydrogens is 587 g/mol. The topological polar surface area (TPSA) is 139 Å². The number of nitro benzene ring substituents is 1. The number of phenols is 1. The number of phenolic OH excluding ortho intramolecular Hbond substituents is 1. The average molecular weight is 622 g/mol. The first-order valence-electron chi connectivity index (χ1n) is 15.6. The molecule has 2 fully saturated rings. The minimum Gasteiger partial charge on any atom is -0.508 e. The molecule has 11 heteroatoms. The molecular formula is C35H35BN2O8. The molecule has 2 heterocycles. The molecule has 1 aliphatic carbocycles. The summed E-state index contributed by atoms with van der Waals surface area (Å²) in [6.45, 7) is 2.26. The number of nitro groups is 1. The van der Waals surface area contributed by atoms with Crippen molar-refractivity contribution in [2.75, 3.05) is 11.5 Å². The lowest BCUT2D eigenvalue weighted by Crippen LogP contribution is -2.46. The van der Waals surface area contributed by atoms with Crippen molar-refractivity contribution in [2.45, 2.75) is 45.0 Å². The molecule has 10 nitrogen and oxygen atoms in total. The maximum absolute atomic E-state index is 14.1. The molecule has 2 saturated heterocycles. The number of non-ortho nitro benzene ring substituents is 1. The van der Waals surface area contributed by atoms with E-state index in [2.05, 4.69) is 13.0 Å². The first-order valence-corrected chi connectivity index (χ1v) is 15.6. The van der Waals surface area contributed by atoms with Crippen molar-refractivity contribution in [1.29, 1.82) is 0 Å². The van der Waals surface area contributed by atoms with Crippen molar-refractivity contribution in [3.63, 3.8) is 0 Å². The SMILES string of the molecule is CC/C(=C\c1ccc(O)cc1)CC[C@H]1OB(O)C[C@H]2C1=C(COc1ccccc1)C[C@H]1C(=O)N(c3cccc([N+](=O)[O-])c3)C(=O)[C@H]12. The number of para-hydroxylation sites is 1. The zero-order valence-corrected chi connectivity index (χ0v) is 25.5. The number of carbonyl (C=O) groups excluding carboxylic acids is 2. The summed E-state index contributed by atoms with van der Waals surface area (Å²) >= 11 is 0. The van der Waals surface area contributed by atoms with E-state index in [-0.39, 0.29) is 36.5 Å². The summed E-state index contributed by atoms with van der Waals surface area (Å²) in [4.78, 5) is 39.9. The van der Waals surface area contributed by atoms with Crippen molar-refractivity contribution < 1.29 is 34.0 Å². The van der Waals surface area contributed by atoms with Gasteiger partial charge in [-0.1, -0.05) is 55.0 Å². The number of hydrogen-bond acceptors (Lipinski definition) is 8. The Morgan fingerprint density at radius 3 is 2.54 bits per heavy atom. The fourth-order valence-corrected chi connectivity index (χ4v) is 7.06. The second-order valence-electron chi connectivity index (χ2n) is 12.0. The van der Waals surface area contributed by atoms with Crippen LogP contribution in [-0.2, 0) is 14.2 Å². The minimum absolute atomic E-state index is 0.146. The Morgan fingerprint density at radius 1 is 1.07 bits per heavy atom. The van der Waals surface area contributed by atoms with Crippen molar-refractivity contribution in [3.8, 4) is 11.5 Å². The number of allylic oxidation sites excluding steroid dienone is 1. The van der Waals surface area contributed by atoms with Crippen molar-refractivity contribution >= 4 is 36.4 Å². The van der Waals surface area contributed by atoms with Crippen molar-refractivity contribution in [2.24, 2.45) is 17.8 Å². The number of aromatic hydroxyl groups is 1. The number of rotatable bonds is 10. The van der Waals surface area contributed by atoms with Gasteiger partial charge in [0.15, 0.2) is 0 Å². The molecule has 0 unspecified atom stereocenters. The molecule has 46 heavy (non-hydrogen) atoms. The third-order valence-corrected chi connectivity index (χ3v) is 9.21. The number of nitrogens with zero attached hydrogens (tertiary/aromatic N) is 2. The third kappa shape index (κ3) is 6.33. The number of benzene rings is 3. The standard InChI is InChI=1S/C35H35BN2O8/c1-2-22(17-23-11-14-27(39)15-12-23)13-16-31-32-24(21-45-28-9-4-3-5-10-28)18-29-33(30(32)20-36(42)46-31)35(41)37(34(29)40)25-7-6-8-26(19-25)38(43)44/h3-12,14-15,17,19,29-31,33,39,42H,2,13,16,18,20-21H2,1H3/b22-17+/t29-,30+,31-,33-/m1/s1. The summed E-state index contributed by atoms with van der Waals surface area (Å²) in [5, 5.41) is 32.1. The number of carbonyl (C=O) groups is 2. The molecule has 0 bridgehead atoms. The largest absolute Gasteiger partial charge is 0.508 e. The van der Waals surface area contributed by atoms with E-state index < -0.39 is 47.7 Å². The van der Waals surface area contributed by atoms with Gasteiger partial charge < -0.3 is 19.5 Å². The number of fused-ring (bicyclic) bond motifs is 3. The highest BCUT2D eigenvalue weighted by Gasteiger charge is 2.57. The summed E-state index contributed by atoms with van der Waals surface area (Å²) in [7, 11) is -1.13. The Bertz CT molecular complexity index is 1690. The average Bonchev–Trinajstić information content (AvgIpc) is 3.31. The molecule has 0 aromatic heterocycles. The Balaban J connectivity index is 1.33. The van der Waals surface area contributed by atoms with Crippen LogP contribution < -0.4 is 9.64 Å². The van der Waals surface area contributed by atoms with Gasteiger partial charge in [-0.15, -0.1) is 0 Å². The van der Waals surface area contributed by atoms with Gasteiger partial charge in [-0.2, -0.15) is 0 Å². The monoisotopic (exact) mass is 622 g/mol. The number of hydrogen-bond donors (Lipinski definition) is 2. The number of ether oxygens (including phenoxy) is 1. The molecule has 3 aromatic rings. The van der Waals surface area contributed by atoms with E-state index in [1.807, 2.05) is 42.5 Å². The van der Waals surface area contributed by atoms with E-state index >= 15 is 0 Å². The Kier molecular flexibility index (Phi) is 9.05. The Morgan fingerprint density at radius 2 is 1.83 bits per heavy atom. The maximum Gasteiger partial charge on any atom is 0.455 e. The summed E-state index contributed by atoms with van der Waals surface area (Å²) in [5.41, 5.74) is 3.84. The minimum atomic E-state index is -1.13. The predicted molar refractivity (Wildman–Crippen MR) is 173 cm³/mol. The van der Waals surface area contributed by atoms with Gasteiger partial charge in [-0.25, -0.2) is 4.90 Å². The van der Waals surface area contributed by atoms with Gasteiger partial charge >= 0.3 is 7.12 Å². The maximum atomic E-state index is 14.1. The van der Waals surface area contributed by atoms with Gasteiger partial charge in [-0.05, 0) is 85.0 Å². The van der Waals surface area contributed by atoms with E-state index in [9.17, 15) is 29.8 Å². The van der Waals surface area contributed by atoms with Crippen LogP contribution in [0.15, 0.2) is 95.6 Å². The van der Waals surface area contributed by atoms with E-state index in [4.69, 9.17) is 9.39 Å². The number of amides is 2. The zero-order chi connectivity index (χ0) is 32.4. The first-order chi connectivity index (χ1) is 22.2. The summed E-state index contributed by atoms with van der Waals surface area (Å²) in [6, 6.07) is 21.9. The normalized spacial score (nSPS) is 23.0. The predicted octanol–water partition coefficient (Wildman–Crippen LogP) is 5.95. The lowest BCUT2D eigenvalue weighted by atomic mass is 9.58. The van der Waals surface area contributed by atoms with Gasteiger partial charge in [0.25, 0.3) is 5.69 Å². The quantitative estimate of drug-likeness (QED) is 0.0930. The van der Waals surface area contributed by atoms with Crippen LogP contribution in [0.2, 0.25) is 6.32 Å². The Labute approximate surface area is 267 Å². The smallest absolute Gasteiger partial charge is 0.455 e. The highest BCUT2D eigenvalue weighted by molar-refractivity contribution is 6.43. The van der Waals surface area contributed by atoms with Crippen LogP contribution in [0.25, 0.3) is 6.08 Å². The van der Waals surface area contributed by atoms with Crippen molar-refractivity contribution in [3.05, 3.63) is 111 Å². The lowest BCUT2D eigenvalue weighted by Gasteiger charge is -2.43. The van der Waals surface area contributed by atoms with Gasteiger partial charge in [0.05, 0.1) is 28.6 Å². The molecule has 2 aliphatic heterocycles. The first kappa shape index (κ1) is 31.3. The van der Waals surface area contributed by atoms with Crippen molar-refractivity contribution in [1.82, 2.24) is 0 Å². The molecule has 6 rings (SSSR count). The molecule has 0 radical (unpaired) electrons. The van der Waals surface area contributed by atoms with Crippen LogP contribution >= 0.6 is 0 Å². The number of anilines is 1. The second kappa shape index (κ2) is 13.3. The lowest BCUT2D eigenvalue weighted by molar-refractivity contribution is -0.384. The van der Waals surface area contributed by atoms with E-state index in [0.29, 0.717) is 18.6 Å². The van der Waals surface area contributed by atoms with Crippen LogP contribution in [0.4, 0.5) is 11.4 Å². The third-order valence-electron chi connectivity index (χ3n) is 9.21. The number of imide groups is 1. The van der Waals surface area contributed by atoms with Crippen LogP contribution in [0, 0.1) is 27.9 Å². The molecule has 4 atom stereocenters. The molecule has 2 N–H and O–H groups in total. The highest BCUT2D eigenvalue weighted by atomic mass is 16.6. The second-order valence-corrected chi connectivity index (χ2v) is 12.0. The molecule has 2 amide bonds. The van der Waals surface area contributed by atoms with E-state index in [1.165, 1.54) is 24.3 Å². The van der Waals surface area contributed by atoms with Crippen LogP contribution in [0.1, 0.15) is 38.2 Å². The van der Waals surface area contributed by atoms with E-state index in [1.54, 1.807) is 12.1 Å². The molecule has 0 spiro atoms.